The maximum Gasteiger partial charge on any atom is 0.263 e. The number of thiophene rings is 1. The first-order valence-corrected chi connectivity index (χ1v) is 9.24. The Bertz CT molecular complexity index is 806. The molecule has 0 aliphatic carbocycles. The molecule has 7 heteroatoms. The van der Waals surface area contributed by atoms with E-state index in [1.807, 2.05) is 34.6 Å². The van der Waals surface area contributed by atoms with Crippen LogP contribution in [0.5, 0.6) is 0 Å². The molecule has 0 fully saturated rings. The summed E-state index contributed by atoms with van der Waals surface area (Å²) in [6.07, 6.45) is 0. The normalized spacial score (nSPS) is 12.9. The topological polar surface area (TPSA) is 55.2 Å². The van der Waals surface area contributed by atoms with E-state index < -0.39 is 0 Å². The average molecular weight is 354 g/mol. The molecule has 0 aromatic carbocycles. The SMILES string of the molecule is Cc1sc2nc(S[C@@H](C)C(=O)N(C)C)n(C(C)C)c(=O)c2c1C. The highest BCUT2D eigenvalue weighted by Gasteiger charge is 2.23. The van der Waals surface area contributed by atoms with E-state index >= 15 is 0 Å². The van der Waals surface area contributed by atoms with Gasteiger partial charge in [-0.25, -0.2) is 4.98 Å². The minimum absolute atomic E-state index is 0.0110. The molecule has 0 saturated heterocycles. The molecule has 0 aliphatic rings. The van der Waals surface area contributed by atoms with Gasteiger partial charge < -0.3 is 4.90 Å². The standard InChI is InChI=1S/C16H23N3O2S2/c1-8(2)19-15(21)12-9(3)10(4)22-13(12)17-16(19)23-11(5)14(20)18(6)7/h8,11H,1-7H3/t11-/m0/s1. The van der Waals surface area contributed by atoms with Crippen molar-refractivity contribution in [3.8, 4) is 0 Å². The van der Waals surface area contributed by atoms with Gasteiger partial charge in [0.1, 0.15) is 4.83 Å². The molecule has 0 spiro atoms. The van der Waals surface area contributed by atoms with E-state index in [9.17, 15) is 9.59 Å². The summed E-state index contributed by atoms with van der Waals surface area (Å²) in [4.78, 5) is 33.2. The van der Waals surface area contributed by atoms with Crippen LogP contribution in [0.3, 0.4) is 0 Å². The summed E-state index contributed by atoms with van der Waals surface area (Å²) in [7, 11) is 3.47. The lowest BCUT2D eigenvalue weighted by molar-refractivity contribution is -0.127. The molecule has 126 valence electrons. The number of carbonyl (C=O) groups is 1. The highest BCUT2D eigenvalue weighted by molar-refractivity contribution is 8.00. The number of thioether (sulfide) groups is 1. The molecule has 0 unspecified atom stereocenters. The van der Waals surface area contributed by atoms with Crippen molar-refractivity contribution >= 4 is 39.2 Å². The highest BCUT2D eigenvalue weighted by Crippen LogP contribution is 2.31. The van der Waals surface area contributed by atoms with Crippen molar-refractivity contribution in [3.05, 3.63) is 20.8 Å². The summed E-state index contributed by atoms with van der Waals surface area (Å²) in [6, 6.07) is -0.0110. The largest absolute Gasteiger partial charge is 0.348 e. The second kappa shape index (κ2) is 6.65. The number of nitrogens with zero attached hydrogens (tertiary/aromatic N) is 3. The van der Waals surface area contributed by atoms with Gasteiger partial charge in [0, 0.05) is 25.0 Å². The van der Waals surface area contributed by atoms with E-state index in [1.165, 1.54) is 23.1 Å². The zero-order valence-electron chi connectivity index (χ0n) is 14.6. The van der Waals surface area contributed by atoms with E-state index in [-0.39, 0.29) is 22.8 Å². The van der Waals surface area contributed by atoms with E-state index in [2.05, 4.69) is 0 Å². The molecule has 0 bridgehead atoms. The molecular weight excluding hydrogens is 330 g/mol. The van der Waals surface area contributed by atoms with Gasteiger partial charge in [0.05, 0.1) is 10.6 Å². The molecule has 23 heavy (non-hydrogen) atoms. The van der Waals surface area contributed by atoms with Crippen molar-refractivity contribution in [2.45, 2.75) is 51.1 Å². The fraction of sp³-hybridized carbons (Fsp3) is 0.562. The molecule has 5 nitrogen and oxygen atoms in total. The Balaban J connectivity index is 2.61. The molecule has 2 aromatic heterocycles. The molecule has 2 heterocycles. The van der Waals surface area contributed by atoms with Crippen LogP contribution in [0.15, 0.2) is 9.95 Å². The van der Waals surface area contributed by atoms with Crippen LogP contribution in [-0.4, -0.2) is 39.7 Å². The van der Waals surface area contributed by atoms with Crippen molar-refractivity contribution in [3.63, 3.8) is 0 Å². The van der Waals surface area contributed by atoms with Crippen LogP contribution in [0.4, 0.5) is 0 Å². The van der Waals surface area contributed by atoms with E-state index in [0.717, 1.165) is 15.3 Å². The number of fused-ring (bicyclic) bond motifs is 1. The first-order chi connectivity index (χ1) is 10.6. The Labute approximate surface area is 144 Å². The smallest absolute Gasteiger partial charge is 0.263 e. The second-order valence-corrected chi connectivity index (χ2v) is 8.63. The Kier molecular flexibility index (Phi) is 5.20. The molecule has 1 atom stereocenters. The predicted octanol–water partition coefficient (Wildman–Crippen LogP) is 3.22. The Morgan fingerprint density at radius 2 is 1.87 bits per heavy atom. The molecule has 2 rings (SSSR count). The minimum atomic E-state index is -0.290. The van der Waals surface area contributed by atoms with Gasteiger partial charge in [-0.3, -0.25) is 14.2 Å². The van der Waals surface area contributed by atoms with Gasteiger partial charge in [-0.15, -0.1) is 11.3 Å². The molecular formula is C16H23N3O2S2. The Hall–Kier alpha value is -1.34. The molecule has 0 radical (unpaired) electrons. The van der Waals surface area contributed by atoms with Gasteiger partial charge in [-0.05, 0) is 40.2 Å². The number of rotatable bonds is 4. The van der Waals surface area contributed by atoms with E-state index in [0.29, 0.717) is 10.5 Å². The minimum Gasteiger partial charge on any atom is -0.348 e. The van der Waals surface area contributed by atoms with Crippen LogP contribution in [0.2, 0.25) is 0 Å². The highest BCUT2D eigenvalue weighted by atomic mass is 32.2. The van der Waals surface area contributed by atoms with Crippen LogP contribution in [-0.2, 0) is 4.79 Å². The van der Waals surface area contributed by atoms with Crippen molar-refractivity contribution in [1.82, 2.24) is 14.5 Å². The van der Waals surface area contributed by atoms with Gasteiger partial charge in [-0.2, -0.15) is 0 Å². The van der Waals surface area contributed by atoms with Crippen LogP contribution in [0.25, 0.3) is 10.2 Å². The number of aryl methyl sites for hydroxylation is 2. The summed E-state index contributed by atoms with van der Waals surface area (Å²) in [5, 5.41) is 1.03. The fourth-order valence-electron chi connectivity index (χ4n) is 2.40. The van der Waals surface area contributed by atoms with E-state index in [1.54, 1.807) is 23.6 Å². The van der Waals surface area contributed by atoms with Crippen LogP contribution >= 0.6 is 23.1 Å². The number of hydrogen-bond acceptors (Lipinski definition) is 5. The summed E-state index contributed by atoms with van der Waals surface area (Å²) < 4.78 is 1.70. The predicted molar refractivity (Wildman–Crippen MR) is 97.8 cm³/mol. The first kappa shape index (κ1) is 18.0. The van der Waals surface area contributed by atoms with Crippen molar-refractivity contribution < 1.29 is 4.79 Å². The Morgan fingerprint density at radius 1 is 1.26 bits per heavy atom. The maximum absolute atomic E-state index is 12.9. The number of carbonyl (C=O) groups excluding carboxylic acids is 1. The average Bonchev–Trinajstić information content (AvgIpc) is 2.72. The third kappa shape index (κ3) is 3.30. The molecule has 1 amide bonds. The summed E-state index contributed by atoms with van der Waals surface area (Å²) >= 11 is 2.88. The van der Waals surface area contributed by atoms with E-state index in [4.69, 9.17) is 4.98 Å². The third-order valence-corrected chi connectivity index (χ3v) is 5.94. The number of hydrogen-bond donors (Lipinski definition) is 0. The number of amides is 1. The van der Waals surface area contributed by atoms with Crippen molar-refractivity contribution in [1.29, 1.82) is 0 Å². The zero-order chi connectivity index (χ0) is 17.5. The summed E-state index contributed by atoms with van der Waals surface area (Å²) in [5.74, 6) is 0.0122. The zero-order valence-corrected chi connectivity index (χ0v) is 16.3. The van der Waals surface area contributed by atoms with Crippen molar-refractivity contribution in [2.75, 3.05) is 14.1 Å². The van der Waals surface area contributed by atoms with Crippen LogP contribution in [0, 0.1) is 13.8 Å². The number of aromatic nitrogens is 2. The van der Waals surface area contributed by atoms with Gasteiger partial charge in [0.15, 0.2) is 5.16 Å². The second-order valence-electron chi connectivity index (χ2n) is 6.12. The van der Waals surface area contributed by atoms with Gasteiger partial charge >= 0.3 is 0 Å². The van der Waals surface area contributed by atoms with Crippen LogP contribution in [0.1, 0.15) is 37.3 Å². The summed E-state index contributed by atoms with van der Waals surface area (Å²) in [5.41, 5.74) is 0.990. The molecule has 2 aromatic rings. The first-order valence-electron chi connectivity index (χ1n) is 7.55. The lowest BCUT2D eigenvalue weighted by atomic mass is 10.2. The van der Waals surface area contributed by atoms with Gasteiger partial charge in [-0.1, -0.05) is 11.8 Å². The summed E-state index contributed by atoms with van der Waals surface area (Å²) in [6.45, 7) is 9.75. The monoisotopic (exact) mass is 353 g/mol. The van der Waals surface area contributed by atoms with Crippen LogP contribution < -0.4 is 5.56 Å². The third-order valence-electron chi connectivity index (χ3n) is 3.79. The molecule has 0 saturated carbocycles. The molecule has 0 aliphatic heterocycles. The fourth-order valence-corrected chi connectivity index (χ4v) is 4.66. The van der Waals surface area contributed by atoms with Gasteiger partial charge in [0.25, 0.3) is 5.56 Å². The quantitative estimate of drug-likeness (QED) is 0.625. The lowest BCUT2D eigenvalue weighted by Gasteiger charge is -2.19. The Morgan fingerprint density at radius 3 is 2.39 bits per heavy atom. The molecule has 0 N–H and O–H groups in total. The lowest BCUT2D eigenvalue weighted by Crippen LogP contribution is -2.31. The van der Waals surface area contributed by atoms with Crippen molar-refractivity contribution in [2.24, 2.45) is 0 Å². The van der Waals surface area contributed by atoms with Gasteiger partial charge in [0.2, 0.25) is 5.91 Å². The maximum atomic E-state index is 12.9.